The van der Waals surface area contributed by atoms with E-state index in [4.69, 9.17) is 11.6 Å². The topological polar surface area (TPSA) is 36.7 Å². The number of nitriles is 1. The van der Waals surface area contributed by atoms with E-state index in [1.807, 2.05) is 44.2 Å². The molecule has 0 radical (unpaired) electrons. The van der Waals surface area contributed by atoms with Crippen molar-refractivity contribution in [2.24, 2.45) is 0 Å². The first-order chi connectivity index (χ1) is 8.61. The molecule has 1 aromatic carbocycles. The van der Waals surface area contributed by atoms with Crippen LogP contribution in [0.2, 0.25) is 5.02 Å². The monoisotopic (exact) mass is 274 g/mol. The molecule has 0 amide bonds. The van der Waals surface area contributed by atoms with Crippen LogP contribution >= 0.6 is 23.4 Å². The van der Waals surface area contributed by atoms with Crippen molar-refractivity contribution in [1.82, 2.24) is 4.98 Å². The van der Waals surface area contributed by atoms with Crippen molar-refractivity contribution >= 4 is 23.4 Å². The second-order valence-corrected chi connectivity index (χ2v) is 5.34. The summed E-state index contributed by atoms with van der Waals surface area (Å²) in [5, 5.41) is 10.6. The van der Waals surface area contributed by atoms with Crippen LogP contribution in [0.4, 0.5) is 0 Å². The molecule has 0 saturated heterocycles. The van der Waals surface area contributed by atoms with Gasteiger partial charge >= 0.3 is 0 Å². The molecule has 0 bridgehead atoms. The Bertz CT molecular complexity index is 632. The summed E-state index contributed by atoms with van der Waals surface area (Å²) < 4.78 is 0. The third-order valence-corrected chi connectivity index (χ3v) is 3.97. The van der Waals surface area contributed by atoms with Crippen LogP contribution in [-0.2, 0) is 0 Å². The van der Waals surface area contributed by atoms with Gasteiger partial charge in [-0.15, -0.1) is 0 Å². The zero-order valence-electron chi connectivity index (χ0n) is 10.1. The van der Waals surface area contributed by atoms with Gasteiger partial charge in [-0.3, -0.25) is 0 Å². The molecular formula is C14H11ClN2S. The van der Waals surface area contributed by atoms with Crippen LogP contribution in [0, 0.1) is 25.2 Å². The Hall–Kier alpha value is -1.50. The van der Waals surface area contributed by atoms with E-state index in [0.29, 0.717) is 15.6 Å². The highest BCUT2D eigenvalue weighted by Gasteiger charge is 2.11. The van der Waals surface area contributed by atoms with Crippen molar-refractivity contribution in [3.8, 4) is 6.07 Å². The van der Waals surface area contributed by atoms with Crippen LogP contribution in [0.5, 0.6) is 0 Å². The number of benzene rings is 1. The van der Waals surface area contributed by atoms with Gasteiger partial charge in [0.25, 0.3) is 0 Å². The number of nitrogens with zero attached hydrogens (tertiary/aromatic N) is 2. The number of aryl methyl sites for hydroxylation is 2. The largest absolute Gasteiger partial charge is 0.245 e. The molecule has 1 aromatic heterocycles. The first kappa shape index (κ1) is 12.9. The van der Waals surface area contributed by atoms with E-state index < -0.39 is 0 Å². The van der Waals surface area contributed by atoms with Gasteiger partial charge in [0.15, 0.2) is 0 Å². The number of rotatable bonds is 2. The minimum atomic E-state index is 0.616. The molecule has 1 heterocycles. The predicted molar refractivity (Wildman–Crippen MR) is 74.0 cm³/mol. The van der Waals surface area contributed by atoms with E-state index in [-0.39, 0.29) is 0 Å². The molecule has 0 aliphatic heterocycles. The van der Waals surface area contributed by atoms with Crippen molar-refractivity contribution in [2.45, 2.75) is 23.8 Å². The fourth-order valence-corrected chi connectivity index (χ4v) is 2.91. The van der Waals surface area contributed by atoms with Crippen LogP contribution in [0.3, 0.4) is 0 Å². The highest BCUT2D eigenvalue weighted by atomic mass is 35.5. The summed E-state index contributed by atoms with van der Waals surface area (Å²) in [4.78, 5) is 5.33. The highest BCUT2D eigenvalue weighted by molar-refractivity contribution is 7.99. The first-order valence-electron chi connectivity index (χ1n) is 5.42. The lowest BCUT2D eigenvalue weighted by Gasteiger charge is -2.08. The van der Waals surface area contributed by atoms with Gasteiger partial charge < -0.3 is 0 Å². The number of halogens is 1. The SMILES string of the molecule is Cc1cc(C)c(C#N)c(Sc2ccccc2Cl)n1. The predicted octanol–water partition coefficient (Wildman–Crippen LogP) is 4.37. The van der Waals surface area contributed by atoms with Gasteiger partial charge in [-0.2, -0.15) is 5.26 Å². The number of hydrogen-bond acceptors (Lipinski definition) is 3. The van der Waals surface area contributed by atoms with Crippen molar-refractivity contribution in [1.29, 1.82) is 5.26 Å². The summed E-state index contributed by atoms with van der Waals surface area (Å²) in [6, 6.07) is 11.7. The Morgan fingerprint density at radius 3 is 2.67 bits per heavy atom. The van der Waals surface area contributed by atoms with Gasteiger partial charge in [-0.05, 0) is 37.6 Å². The van der Waals surface area contributed by atoms with Crippen LogP contribution in [0.1, 0.15) is 16.8 Å². The molecule has 0 N–H and O–H groups in total. The minimum absolute atomic E-state index is 0.616. The van der Waals surface area contributed by atoms with Crippen molar-refractivity contribution in [3.63, 3.8) is 0 Å². The summed E-state index contributed by atoms with van der Waals surface area (Å²) >= 11 is 7.55. The van der Waals surface area contributed by atoms with E-state index in [1.54, 1.807) is 0 Å². The second kappa shape index (κ2) is 5.43. The molecule has 0 saturated carbocycles. The van der Waals surface area contributed by atoms with Crippen molar-refractivity contribution in [3.05, 3.63) is 52.2 Å². The lowest BCUT2D eigenvalue weighted by molar-refractivity contribution is 1.03. The average Bonchev–Trinajstić information content (AvgIpc) is 2.31. The van der Waals surface area contributed by atoms with Gasteiger partial charge in [0.1, 0.15) is 11.1 Å². The third-order valence-electron chi connectivity index (χ3n) is 2.47. The van der Waals surface area contributed by atoms with Crippen molar-refractivity contribution < 1.29 is 0 Å². The van der Waals surface area contributed by atoms with Gasteiger partial charge in [0, 0.05) is 10.6 Å². The highest BCUT2D eigenvalue weighted by Crippen LogP contribution is 2.34. The molecule has 0 spiro atoms. The number of pyridine rings is 1. The molecule has 0 fully saturated rings. The van der Waals surface area contributed by atoms with Crippen molar-refractivity contribution in [2.75, 3.05) is 0 Å². The maximum atomic E-state index is 9.20. The van der Waals surface area contributed by atoms with Gasteiger partial charge in [0.2, 0.25) is 0 Å². The molecule has 18 heavy (non-hydrogen) atoms. The summed E-state index contributed by atoms with van der Waals surface area (Å²) in [5.41, 5.74) is 2.46. The van der Waals surface area contributed by atoms with Crippen LogP contribution in [0.25, 0.3) is 0 Å². The summed E-state index contributed by atoms with van der Waals surface area (Å²) in [6.45, 7) is 3.84. The smallest absolute Gasteiger partial charge is 0.119 e. The molecule has 2 nitrogen and oxygen atoms in total. The third kappa shape index (κ3) is 2.66. The lowest BCUT2D eigenvalue weighted by atomic mass is 10.1. The molecule has 90 valence electrons. The minimum Gasteiger partial charge on any atom is -0.245 e. The Morgan fingerprint density at radius 1 is 1.28 bits per heavy atom. The number of hydrogen-bond donors (Lipinski definition) is 0. The Balaban J connectivity index is 2.47. The van der Waals surface area contributed by atoms with Crippen LogP contribution < -0.4 is 0 Å². The zero-order chi connectivity index (χ0) is 13.1. The lowest BCUT2D eigenvalue weighted by Crippen LogP contribution is -1.94. The summed E-state index contributed by atoms with van der Waals surface area (Å²) in [6.07, 6.45) is 0. The Morgan fingerprint density at radius 2 is 2.00 bits per heavy atom. The van der Waals surface area contributed by atoms with E-state index in [0.717, 1.165) is 16.2 Å². The maximum absolute atomic E-state index is 9.20. The molecule has 0 aliphatic rings. The summed E-state index contributed by atoms with van der Waals surface area (Å²) in [7, 11) is 0. The first-order valence-corrected chi connectivity index (χ1v) is 6.62. The fourth-order valence-electron chi connectivity index (χ4n) is 1.64. The molecule has 2 aromatic rings. The average molecular weight is 275 g/mol. The normalized spacial score (nSPS) is 10.1. The molecule has 0 unspecified atom stereocenters. The standard InChI is InChI=1S/C14H11ClN2S/c1-9-7-10(2)17-14(11(9)8-16)18-13-6-4-3-5-12(13)15/h3-7H,1-2H3. The van der Waals surface area contributed by atoms with Gasteiger partial charge in [-0.25, -0.2) is 4.98 Å². The van der Waals surface area contributed by atoms with E-state index >= 15 is 0 Å². The molecule has 0 aliphatic carbocycles. The van der Waals surface area contributed by atoms with Gasteiger partial charge in [-0.1, -0.05) is 35.5 Å². The van der Waals surface area contributed by atoms with E-state index in [9.17, 15) is 5.26 Å². The number of aromatic nitrogens is 1. The fraction of sp³-hybridized carbons (Fsp3) is 0.143. The maximum Gasteiger partial charge on any atom is 0.119 e. The second-order valence-electron chi connectivity index (χ2n) is 3.90. The van der Waals surface area contributed by atoms with Gasteiger partial charge in [0.05, 0.1) is 10.6 Å². The quantitative estimate of drug-likeness (QED) is 0.816. The van der Waals surface area contributed by atoms with E-state index in [2.05, 4.69) is 11.1 Å². The Kier molecular flexibility index (Phi) is 3.90. The molecule has 4 heteroatoms. The molecular weight excluding hydrogens is 264 g/mol. The molecule has 0 atom stereocenters. The van der Waals surface area contributed by atoms with Crippen LogP contribution in [-0.4, -0.2) is 4.98 Å². The summed E-state index contributed by atoms with van der Waals surface area (Å²) in [5.74, 6) is 0. The van der Waals surface area contributed by atoms with Crippen LogP contribution in [0.15, 0.2) is 40.3 Å². The van der Waals surface area contributed by atoms with E-state index in [1.165, 1.54) is 11.8 Å². The molecule has 2 rings (SSSR count). The Labute approximate surface area is 116 Å². The zero-order valence-corrected chi connectivity index (χ0v) is 11.6.